The van der Waals surface area contributed by atoms with Gasteiger partial charge in [-0.25, -0.2) is 15.2 Å². The van der Waals surface area contributed by atoms with E-state index in [2.05, 4.69) is 26.8 Å². The first-order valence-electron chi connectivity index (χ1n) is 9.72. The molecule has 158 valence electrons. The van der Waals surface area contributed by atoms with Crippen molar-refractivity contribution < 1.29 is 14.0 Å². The molecule has 0 bridgehead atoms. The van der Waals surface area contributed by atoms with Gasteiger partial charge in [-0.05, 0) is 42.3 Å². The molecular formula is C21H21BrClFN4O2. The topological polar surface area (TPSA) is 64.7 Å². The van der Waals surface area contributed by atoms with E-state index in [9.17, 15) is 14.0 Å². The lowest BCUT2D eigenvalue weighted by molar-refractivity contribution is -0.134. The number of hydrazine groups is 1. The van der Waals surface area contributed by atoms with E-state index < -0.39 is 5.82 Å². The van der Waals surface area contributed by atoms with Gasteiger partial charge in [0, 0.05) is 36.7 Å². The minimum Gasteiger partial charge on any atom is -0.338 e. The molecule has 2 aliphatic rings. The van der Waals surface area contributed by atoms with Crippen LogP contribution >= 0.6 is 27.5 Å². The maximum absolute atomic E-state index is 13.2. The molecule has 4 rings (SSSR count). The second-order valence-corrected chi connectivity index (χ2v) is 8.75. The summed E-state index contributed by atoms with van der Waals surface area (Å²) < 4.78 is 14.2. The van der Waals surface area contributed by atoms with Gasteiger partial charge >= 0.3 is 0 Å². The van der Waals surface area contributed by atoms with Gasteiger partial charge in [0.1, 0.15) is 11.9 Å². The van der Waals surface area contributed by atoms with E-state index in [4.69, 9.17) is 11.6 Å². The quantitative estimate of drug-likeness (QED) is 0.687. The van der Waals surface area contributed by atoms with Crippen molar-refractivity contribution in [3.63, 3.8) is 0 Å². The third kappa shape index (κ3) is 4.51. The van der Waals surface area contributed by atoms with Gasteiger partial charge in [-0.1, -0.05) is 39.7 Å². The van der Waals surface area contributed by atoms with E-state index in [-0.39, 0.29) is 34.5 Å². The Morgan fingerprint density at radius 1 is 1.00 bits per heavy atom. The number of amides is 2. The SMILES string of the molecule is O=C(c1ccc(F)cc1Cl)N1CCN(C(=O)C2CC(c3ccc(Br)cc3)NN2)CC1. The number of hydrogen-bond donors (Lipinski definition) is 2. The minimum atomic E-state index is -0.480. The highest BCUT2D eigenvalue weighted by molar-refractivity contribution is 9.10. The Kier molecular flexibility index (Phi) is 6.38. The number of carbonyl (C=O) groups excluding carboxylic acids is 2. The van der Waals surface area contributed by atoms with Crippen LogP contribution in [0.2, 0.25) is 5.02 Å². The largest absolute Gasteiger partial charge is 0.338 e. The van der Waals surface area contributed by atoms with Crippen molar-refractivity contribution in [2.75, 3.05) is 26.2 Å². The number of nitrogens with zero attached hydrogens (tertiary/aromatic N) is 2. The summed E-state index contributed by atoms with van der Waals surface area (Å²) in [5.41, 5.74) is 7.70. The molecule has 0 spiro atoms. The summed E-state index contributed by atoms with van der Waals surface area (Å²) in [5, 5.41) is 0.0960. The predicted molar refractivity (Wildman–Crippen MR) is 115 cm³/mol. The highest BCUT2D eigenvalue weighted by atomic mass is 79.9. The molecule has 30 heavy (non-hydrogen) atoms. The molecule has 2 heterocycles. The number of benzene rings is 2. The van der Waals surface area contributed by atoms with Crippen molar-refractivity contribution in [1.82, 2.24) is 20.7 Å². The van der Waals surface area contributed by atoms with Crippen LogP contribution in [0, 0.1) is 5.82 Å². The Bertz CT molecular complexity index is 951. The van der Waals surface area contributed by atoms with Crippen LogP contribution in [-0.4, -0.2) is 53.8 Å². The van der Waals surface area contributed by atoms with Crippen LogP contribution in [0.25, 0.3) is 0 Å². The lowest BCUT2D eigenvalue weighted by Gasteiger charge is -2.36. The molecule has 0 aliphatic carbocycles. The fourth-order valence-corrected chi connectivity index (χ4v) is 4.33. The van der Waals surface area contributed by atoms with Gasteiger partial charge < -0.3 is 9.80 Å². The Labute approximate surface area is 187 Å². The molecular weight excluding hydrogens is 475 g/mol. The van der Waals surface area contributed by atoms with Crippen LogP contribution in [0.5, 0.6) is 0 Å². The zero-order chi connectivity index (χ0) is 21.3. The third-order valence-electron chi connectivity index (χ3n) is 5.51. The second kappa shape index (κ2) is 9.01. The molecule has 9 heteroatoms. The van der Waals surface area contributed by atoms with Crippen LogP contribution in [0.1, 0.15) is 28.4 Å². The predicted octanol–water partition coefficient (Wildman–Crippen LogP) is 3.13. The molecule has 6 nitrogen and oxygen atoms in total. The van der Waals surface area contributed by atoms with Crippen LogP contribution in [0.15, 0.2) is 46.9 Å². The van der Waals surface area contributed by atoms with Gasteiger partial charge in [-0.15, -0.1) is 0 Å². The molecule has 2 aromatic rings. The normalized spacial score (nSPS) is 21.7. The maximum Gasteiger partial charge on any atom is 0.255 e. The van der Waals surface area contributed by atoms with Gasteiger partial charge in [0.2, 0.25) is 5.91 Å². The molecule has 2 atom stereocenters. The van der Waals surface area contributed by atoms with Crippen molar-refractivity contribution in [2.45, 2.75) is 18.5 Å². The molecule has 2 unspecified atom stereocenters. The van der Waals surface area contributed by atoms with Gasteiger partial charge in [0.15, 0.2) is 0 Å². The van der Waals surface area contributed by atoms with E-state index in [1.807, 2.05) is 24.3 Å². The monoisotopic (exact) mass is 494 g/mol. The molecule has 2 saturated heterocycles. The number of piperazine rings is 1. The molecule has 2 fully saturated rings. The van der Waals surface area contributed by atoms with E-state index in [1.54, 1.807) is 9.80 Å². The van der Waals surface area contributed by atoms with Crippen LogP contribution in [0.4, 0.5) is 4.39 Å². The molecule has 0 saturated carbocycles. The van der Waals surface area contributed by atoms with E-state index in [0.717, 1.165) is 16.1 Å². The Morgan fingerprint density at radius 3 is 2.33 bits per heavy atom. The Morgan fingerprint density at radius 2 is 1.67 bits per heavy atom. The smallest absolute Gasteiger partial charge is 0.255 e. The Hall–Kier alpha value is -2.00. The maximum atomic E-state index is 13.2. The number of rotatable bonds is 3. The highest BCUT2D eigenvalue weighted by Gasteiger charge is 2.34. The number of carbonyl (C=O) groups is 2. The third-order valence-corrected chi connectivity index (χ3v) is 6.36. The standard InChI is InChI=1S/C21H21BrClFN4O2/c22-14-3-1-13(2-4-14)18-12-19(26-25-18)21(30)28-9-7-27(8-10-28)20(29)16-6-5-15(24)11-17(16)23/h1-6,11,18-19,25-26H,7-10,12H2. The molecule has 2 aliphatic heterocycles. The summed E-state index contributed by atoms with van der Waals surface area (Å²) in [6.07, 6.45) is 0.658. The minimum absolute atomic E-state index is 0.0222. The van der Waals surface area contributed by atoms with Crippen molar-refractivity contribution in [1.29, 1.82) is 0 Å². The fourth-order valence-electron chi connectivity index (χ4n) is 3.82. The molecule has 2 amide bonds. The van der Waals surface area contributed by atoms with Crippen LogP contribution in [-0.2, 0) is 4.79 Å². The summed E-state index contributed by atoms with van der Waals surface area (Å²) in [4.78, 5) is 29.0. The lowest BCUT2D eigenvalue weighted by atomic mass is 10.0. The molecule has 0 radical (unpaired) electrons. The van der Waals surface area contributed by atoms with Gasteiger partial charge in [-0.2, -0.15) is 0 Å². The summed E-state index contributed by atoms with van der Waals surface area (Å²) in [6, 6.07) is 11.5. The summed E-state index contributed by atoms with van der Waals surface area (Å²) in [5.74, 6) is -0.705. The number of hydrogen-bond acceptors (Lipinski definition) is 4. The summed E-state index contributed by atoms with van der Waals surface area (Å²) in [7, 11) is 0. The molecule has 0 aromatic heterocycles. The fraction of sp³-hybridized carbons (Fsp3) is 0.333. The van der Waals surface area contributed by atoms with Gasteiger partial charge in [0.05, 0.1) is 10.6 Å². The van der Waals surface area contributed by atoms with Crippen LogP contribution < -0.4 is 10.9 Å². The van der Waals surface area contributed by atoms with Crippen molar-refractivity contribution in [2.24, 2.45) is 0 Å². The number of nitrogens with one attached hydrogen (secondary N) is 2. The molecule has 2 aromatic carbocycles. The average molecular weight is 496 g/mol. The van der Waals surface area contributed by atoms with Crippen LogP contribution in [0.3, 0.4) is 0 Å². The van der Waals surface area contributed by atoms with Gasteiger partial charge in [-0.3, -0.25) is 9.59 Å². The zero-order valence-electron chi connectivity index (χ0n) is 16.1. The number of halogens is 3. The van der Waals surface area contributed by atoms with E-state index >= 15 is 0 Å². The zero-order valence-corrected chi connectivity index (χ0v) is 18.4. The van der Waals surface area contributed by atoms with E-state index in [0.29, 0.717) is 32.6 Å². The van der Waals surface area contributed by atoms with Crippen molar-refractivity contribution in [3.05, 3.63) is 68.9 Å². The van der Waals surface area contributed by atoms with Crippen molar-refractivity contribution >= 4 is 39.3 Å². The molecule has 2 N–H and O–H groups in total. The van der Waals surface area contributed by atoms with Crippen molar-refractivity contribution in [3.8, 4) is 0 Å². The second-order valence-electron chi connectivity index (χ2n) is 7.42. The summed E-state index contributed by atoms with van der Waals surface area (Å²) >= 11 is 9.44. The van der Waals surface area contributed by atoms with Gasteiger partial charge in [0.25, 0.3) is 5.91 Å². The Balaban J connectivity index is 1.32. The first kappa shape index (κ1) is 21.2. The van der Waals surface area contributed by atoms with E-state index in [1.165, 1.54) is 12.1 Å². The lowest BCUT2D eigenvalue weighted by Crippen LogP contribution is -2.54. The first-order valence-corrected chi connectivity index (χ1v) is 10.9. The first-order chi connectivity index (χ1) is 14.4. The summed E-state index contributed by atoms with van der Waals surface area (Å²) in [6.45, 7) is 1.72. The average Bonchev–Trinajstić information content (AvgIpc) is 3.24. The highest BCUT2D eigenvalue weighted by Crippen LogP contribution is 2.25.